The molecule has 154 valence electrons. The highest BCUT2D eigenvalue weighted by molar-refractivity contribution is 7.99. The molecule has 4 rings (SSSR count). The van der Waals surface area contributed by atoms with Crippen LogP contribution in [0.3, 0.4) is 0 Å². The van der Waals surface area contributed by atoms with Gasteiger partial charge in [-0.3, -0.25) is 9.13 Å². The standard InChI is InChI=1S/C23H24N4OS2/c1-25-20-19(21(29)26(2)23(25)28)27(15-13-17-9-5-3-6-10-17)22(24-20)30-16-14-18-11-7-4-8-12-18/h3-12H,13-16H2,1-2H3. The summed E-state index contributed by atoms with van der Waals surface area (Å²) in [7, 11) is 3.48. The maximum atomic E-state index is 12.5. The van der Waals surface area contributed by atoms with Crippen molar-refractivity contribution in [3.63, 3.8) is 0 Å². The fraction of sp³-hybridized carbons (Fsp3) is 0.261. The van der Waals surface area contributed by atoms with Crippen LogP contribution in [0.15, 0.2) is 70.6 Å². The molecule has 0 spiro atoms. The van der Waals surface area contributed by atoms with Crippen molar-refractivity contribution in [1.82, 2.24) is 18.7 Å². The van der Waals surface area contributed by atoms with E-state index in [0.29, 0.717) is 10.3 Å². The highest BCUT2D eigenvalue weighted by Crippen LogP contribution is 2.25. The monoisotopic (exact) mass is 436 g/mol. The van der Waals surface area contributed by atoms with E-state index in [4.69, 9.17) is 17.2 Å². The molecule has 30 heavy (non-hydrogen) atoms. The lowest BCUT2D eigenvalue weighted by Gasteiger charge is -2.10. The van der Waals surface area contributed by atoms with Crippen LogP contribution in [-0.2, 0) is 33.5 Å². The Hall–Kier alpha value is -2.64. The number of aromatic nitrogens is 4. The van der Waals surface area contributed by atoms with Crippen LogP contribution in [-0.4, -0.2) is 24.4 Å². The normalized spacial score (nSPS) is 11.3. The summed E-state index contributed by atoms with van der Waals surface area (Å²) in [6.45, 7) is 0.760. The van der Waals surface area contributed by atoms with Gasteiger partial charge >= 0.3 is 5.69 Å². The number of nitrogens with zero attached hydrogens (tertiary/aromatic N) is 4. The number of aryl methyl sites for hydroxylation is 4. The van der Waals surface area contributed by atoms with Gasteiger partial charge in [-0.15, -0.1) is 0 Å². The Balaban J connectivity index is 1.70. The topological polar surface area (TPSA) is 44.8 Å². The van der Waals surface area contributed by atoms with Crippen LogP contribution in [0.5, 0.6) is 0 Å². The van der Waals surface area contributed by atoms with E-state index in [1.165, 1.54) is 15.7 Å². The van der Waals surface area contributed by atoms with Crippen LogP contribution in [0.4, 0.5) is 0 Å². The Morgan fingerprint density at radius 1 is 0.900 bits per heavy atom. The molecule has 2 aromatic heterocycles. The average Bonchev–Trinajstić information content (AvgIpc) is 3.15. The first-order valence-electron chi connectivity index (χ1n) is 9.93. The lowest BCUT2D eigenvalue weighted by molar-refractivity contribution is 0.647. The predicted octanol–water partition coefficient (Wildman–Crippen LogP) is 4.38. The Morgan fingerprint density at radius 3 is 2.13 bits per heavy atom. The second-order valence-corrected chi connectivity index (χ2v) is 8.69. The molecule has 2 aromatic carbocycles. The minimum atomic E-state index is -0.152. The molecule has 0 aliphatic rings. The summed E-state index contributed by atoms with van der Waals surface area (Å²) < 4.78 is 5.82. The van der Waals surface area contributed by atoms with Gasteiger partial charge in [0.05, 0.1) is 0 Å². The van der Waals surface area contributed by atoms with Gasteiger partial charge in [-0.2, -0.15) is 0 Å². The lowest BCUT2D eigenvalue weighted by Crippen LogP contribution is -2.28. The molecule has 5 nitrogen and oxygen atoms in total. The van der Waals surface area contributed by atoms with E-state index in [1.54, 1.807) is 30.4 Å². The maximum Gasteiger partial charge on any atom is 0.330 e. The second-order valence-electron chi connectivity index (χ2n) is 7.24. The van der Waals surface area contributed by atoms with E-state index in [0.717, 1.165) is 35.8 Å². The molecule has 0 atom stereocenters. The fourth-order valence-electron chi connectivity index (χ4n) is 3.53. The van der Waals surface area contributed by atoms with E-state index >= 15 is 0 Å². The first kappa shape index (κ1) is 20.6. The fourth-order valence-corrected chi connectivity index (χ4v) is 4.82. The highest BCUT2D eigenvalue weighted by Gasteiger charge is 2.17. The maximum absolute atomic E-state index is 12.5. The Labute approximate surface area is 185 Å². The Bertz CT molecular complexity index is 1270. The van der Waals surface area contributed by atoms with Gasteiger partial charge in [0.25, 0.3) is 0 Å². The van der Waals surface area contributed by atoms with Crippen molar-refractivity contribution in [3.05, 3.63) is 86.9 Å². The molecule has 0 unspecified atom stereocenters. The van der Waals surface area contributed by atoms with E-state index < -0.39 is 0 Å². The van der Waals surface area contributed by atoms with Crippen LogP contribution in [0.1, 0.15) is 11.1 Å². The van der Waals surface area contributed by atoms with E-state index in [2.05, 4.69) is 53.1 Å². The third-order valence-electron chi connectivity index (χ3n) is 5.24. The van der Waals surface area contributed by atoms with Crippen LogP contribution in [0, 0.1) is 4.64 Å². The number of thioether (sulfide) groups is 1. The third kappa shape index (κ3) is 4.13. The van der Waals surface area contributed by atoms with Gasteiger partial charge in [0, 0.05) is 26.4 Å². The molecule has 0 fully saturated rings. The molecule has 4 aromatic rings. The smallest absolute Gasteiger partial charge is 0.315 e. The molecule has 2 heterocycles. The minimum absolute atomic E-state index is 0.152. The van der Waals surface area contributed by atoms with Crippen LogP contribution >= 0.6 is 24.0 Å². The summed E-state index contributed by atoms with van der Waals surface area (Å²) in [5.74, 6) is 0.908. The quantitative estimate of drug-likeness (QED) is 0.319. The van der Waals surface area contributed by atoms with Gasteiger partial charge in [-0.25, -0.2) is 9.78 Å². The largest absolute Gasteiger partial charge is 0.330 e. The molecular formula is C23H24N4OS2. The molecular weight excluding hydrogens is 412 g/mol. The number of hydrogen-bond acceptors (Lipinski definition) is 4. The van der Waals surface area contributed by atoms with Crippen molar-refractivity contribution in [1.29, 1.82) is 0 Å². The van der Waals surface area contributed by atoms with E-state index in [1.807, 2.05) is 12.1 Å². The van der Waals surface area contributed by atoms with Crippen molar-refractivity contribution in [2.75, 3.05) is 5.75 Å². The molecule has 0 N–H and O–H groups in total. The summed E-state index contributed by atoms with van der Waals surface area (Å²) in [4.78, 5) is 17.3. The van der Waals surface area contributed by atoms with Gasteiger partial charge in [-0.1, -0.05) is 84.6 Å². The van der Waals surface area contributed by atoms with Crippen molar-refractivity contribution < 1.29 is 0 Å². The van der Waals surface area contributed by atoms with Crippen LogP contribution in [0.25, 0.3) is 11.2 Å². The summed E-state index contributed by atoms with van der Waals surface area (Å²) in [5, 5.41) is 0.907. The van der Waals surface area contributed by atoms with Crippen LogP contribution < -0.4 is 5.69 Å². The number of hydrogen-bond donors (Lipinski definition) is 0. The Morgan fingerprint density at radius 2 is 1.50 bits per heavy atom. The zero-order valence-electron chi connectivity index (χ0n) is 17.1. The number of fused-ring (bicyclic) bond motifs is 1. The van der Waals surface area contributed by atoms with Gasteiger partial charge < -0.3 is 4.57 Å². The zero-order valence-corrected chi connectivity index (χ0v) is 18.7. The molecule has 0 radical (unpaired) electrons. The highest BCUT2D eigenvalue weighted by atomic mass is 32.2. The molecule has 0 saturated heterocycles. The average molecular weight is 437 g/mol. The van der Waals surface area contributed by atoms with Crippen LogP contribution in [0.2, 0.25) is 0 Å². The molecule has 0 saturated carbocycles. The van der Waals surface area contributed by atoms with Crippen molar-refractivity contribution in [2.24, 2.45) is 14.1 Å². The second kappa shape index (κ2) is 9.02. The van der Waals surface area contributed by atoms with Gasteiger partial charge in [0.15, 0.2) is 10.8 Å². The molecule has 0 bridgehead atoms. The summed E-state index contributed by atoms with van der Waals surface area (Å²) in [5.41, 5.74) is 3.92. The summed E-state index contributed by atoms with van der Waals surface area (Å²) >= 11 is 7.36. The van der Waals surface area contributed by atoms with Crippen molar-refractivity contribution >= 4 is 35.1 Å². The Kier molecular flexibility index (Phi) is 6.20. The van der Waals surface area contributed by atoms with Crippen molar-refractivity contribution in [3.8, 4) is 0 Å². The molecule has 0 amide bonds. The number of benzene rings is 2. The lowest BCUT2D eigenvalue weighted by atomic mass is 10.1. The third-order valence-corrected chi connectivity index (χ3v) is 6.69. The van der Waals surface area contributed by atoms with E-state index in [-0.39, 0.29) is 5.69 Å². The SMILES string of the molecule is Cn1c(=S)c2c(nc(SCCc3ccccc3)n2CCc2ccccc2)n(C)c1=O. The molecule has 0 aliphatic heterocycles. The number of rotatable bonds is 7. The first-order valence-corrected chi connectivity index (χ1v) is 11.3. The van der Waals surface area contributed by atoms with Gasteiger partial charge in [0.1, 0.15) is 10.2 Å². The van der Waals surface area contributed by atoms with E-state index in [9.17, 15) is 4.79 Å². The zero-order chi connectivity index (χ0) is 21.1. The number of imidazole rings is 1. The molecule has 7 heteroatoms. The summed E-state index contributed by atoms with van der Waals surface area (Å²) in [6.07, 6.45) is 1.83. The first-order chi connectivity index (χ1) is 14.6. The predicted molar refractivity (Wildman–Crippen MR) is 126 cm³/mol. The summed E-state index contributed by atoms with van der Waals surface area (Å²) in [6, 6.07) is 20.8. The minimum Gasteiger partial charge on any atom is -0.315 e. The van der Waals surface area contributed by atoms with Gasteiger partial charge in [0.2, 0.25) is 0 Å². The van der Waals surface area contributed by atoms with Gasteiger partial charge in [-0.05, 0) is 24.0 Å². The molecule has 0 aliphatic carbocycles. The van der Waals surface area contributed by atoms with Crippen molar-refractivity contribution in [2.45, 2.75) is 24.5 Å².